The molecule has 1 fully saturated rings. The molecular weight excluding hydrogens is 557 g/mol. The predicted octanol–water partition coefficient (Wildman–Crippen LogP) is 5.89. The van der Waals surface area contributed by atoms with Crippen molar-refractivity contribution in [3.05, 3.63) is 95.3 Å². The molecule has 0 bridgehead atoms. The largest absolute Gasteiger partial charge is 0.416 e. The Morgan fingerprint density at radius 3 is 2.49 bits per heavy atom. The third kappa shape index (κ3) is 7.30. The van der Waals surface area contributed by atoms with Crippen LogP contribution in [0.4, 0.5) is 18.9 Å². The first-order chi connectivity index (χ1) is 20.7. The van der Waals surface area contributed by atoms with Gasteiger partial charge in [-0.05, 0) is 48.6 Å². The number of amides is 2. The number of nitrogens with one attached hydrogen (secondary N) is 1. The van der Waals surface area contributed by atoms with E-state index >= 15 is 0 Å². The number of aliphatic hydroxyl groups is 1. The molecule has 5 rings (SSSR count). The van der Waals surface area contributed by atoms with Crippen molar-refractivity contribution in [2.45, 2.75) is 70.4 Å². The van der Waals surface area contributed by atoms with Crippen molar-refractivity contribution < 1.29 is 27.9 Å². The summed E-state index contributed by atoms with van der Waals surface area (Å²) in [7, 11) is 0. The van der Waals surface area contributed by atoms with Crippen molar-refractivity contribution in [1.29, 1.82) is 0 Å². The standard InChI is InChI=1S/C33H35F3N4O3/c1-2-3-10-28(41)26(18-21-11-12-21)31(42)39-30-32(43)40(20-22-7-6-17-37-19-22)27-9-5-4-8-25(27)29(38-30)23-13-15-24(16-14-23)33(34,35)36/h4-9,13-17,19,21,26,28,30,41H,2-3,10-12,18,20H2,1H3,(H,39,42). The summed E-state index contributed by atoms with van der Waals surface area (Å²) in [5.74, 6) is -1.31. The molecule has 43 heavy (non-hydrogen) atoms. The molecule has 0 radical (unpaired) electrons. The second kappa shape index (κ2) is 13.1. The number of carbonyl (C=O) groups is 2. The van der Waals surface area contributed by atoms with Gasteiger partial charge < -0.3 is 15.3 Å². The number of halogens is 3. The minimum Gasteiger partial charge on any atom is -0.392 e. The van der Waals surface area contributed by atoms with E-state index in [1.807, 2.05) is 13.0 Å². The zero-order valence-electron chi connectivity index (χ0n) is 23.9. The molecular formula is C33H35F3N4O3. The lowest BCUT2D eigenvalue weighted by atomic mass is 9.91. The Hall–Kier alpha value is -4.05. The van der Waals surface area contributed by atoms with Crippen LogP contribution in [-0.4, -0.2) is 39.9 Å². The fourth-order valence-corrected chi connectivity index (χ4v) is 5.42. The normalized spacial score (nSPS) is 18.3. The summed E-state index contributed by atoms with van der Waals surface area (Å²) < 4.78 is 40.0. The van der Waals surface area contributed by atoms with Gasteiger partial charge >= 0.3 is 6.18 Å². The molecule has 1 saturated carbocycles. The lowest BCUT2D eigenvalue weighted by Crippen LogP contribution is -2.50. The highest BCUT2D eigenvalue weighted by Crippen LogP contribution is 2.37. The Bertz CT molecular complexity index is 1460. The molecule has 2 aliphatic rings. The van der Waals surface area contributed by atoms with Crippen LogP contribution in [0.15, 0.2) is 78.0 Å². The second-order valence-corrected chi connectivity index (χ2v) is 11.3. The monoisotopic (exact) mass is 592 g/mol. The van der Waals surface area contributed by atoms with E-state index in [0.717, 1.165) is 43.4 Å². The molecule has 2 heterocycles. The van der Waals surface area contributed by atoms with Gasteiger partial charge in [-0.2, -0.15) is 13.2 Å². The van der Waals surface area contributed by atoms with Crippen LogP contribution in [0.1, 0.15) is 67.7 Å². The Labute approximate surface area is 248 Å². The molecule has 3 unspecified atom stereocenters. The van der Waals surface area contributed by atoms with Gasteiger partial charge in [-0.3, -0.25) is 14.6 Å². The van der Waals surface area contributed by atoms with Crippen molar-refractivity contribution >= 4 is 23.2 Å². The number of anilines is 1. The lowest BCUT2D eigenvalue weighted by Gasteiger charge is -2.27. The Morgan fingerprint density at radius 1 is 1.09 bits per heavy atom. The van der Waals surface area contributed by atoms with Crippen molar-refractivity contribution in [2.24, 2.45) is 16.8 Å². The number of aliphatic hydroxyl groups excluding tert-OH is 1. The molecule has 2 N–H and O–H groups in total. The summed E-state index contributed by atoms with van der Waals surface area (Å²) in [6.07, 6.45) is 1.16. The number of aromatic nitrogens is 1. The van der Waals surface area contributed by atoms with Gasteiger partial charge in [0.05, 0.1) is 35.5 Å². The van der Waals surface area contributed by atoms with Crippen molar-refractivity contribution in [3.8, 4) is 0 Å². The maximum absolute atomic E-state index is 14.2. The average Bonchev–Trinajstić information content (AvgIpc) is 3.84. The number of hydrogen-bond acceptors (Lipinski definition) is 5. The van der Waals surface area contributed by atoms with Crippen LogP contribution in [0.25, 0.3) is 0 Å². The van der Waals surface area contributed by atoms with Crippen LogP contribution in [0.5, 0.6) is 0 Å². The van der Waals surface area contributed by atoms with Gasteiger partial charge in [-0.25, -0.2) is 4.99 Å². The quantitative estimate of drug-likeness (QED) is 0.290. The number of benzene rings is 2. The van der Waals surface area contributed by atoms with Crippen LogP contribution >= 0.6 is 0 Å². The van der Waals surface area contributed by atoms with E-state index in [2.05, 4.69) is 10.3 Å². The molecule has 1 aromatic heterocycles. The average molecular weight is 593 g/mol. The molecule has 2 aromatic carbocycles. The summed E-state index contributed by atoms with van der Waals surface area (Å²) >= 11 is 0. The first-order valence-electron chi connectivity index (χ1n) is 14.7. The first kappa shape index (κ1) is 30.4. The summed E-state index contributed by atoms with van der Waals surface area (Å²) in [5.41, 5.74) is 1.63. The third-order valence-electron chi connectivity index (χ3n) is 7.98. The van der Waals surface area contributed by atoms with Crippen LogP contribution in [-0.2, 0) is 22.3 Å². The minimum absolute atomic E-state index is 0.135. The van der Waals surface area contributed by atoms with Gasteiger partial charge in [0.15, 0.2) is 0 Å². The number of para-hydroxylation sites is 1. The number of alkyl halides is 3. The van der Waals surface area contributed by atoms with Crippen molar-refractivity contribution in [3.63, 3.8) is 0 Å². The highest BCUT2D eigenvalue weighted by Gasteiger charge is 2.38. The summed E-state index contributed by atoms with van der Waals surface area (Å²) in [6.45, 7) is 2.15. The van der Waals surface area contributed by atoms with Crippen molar-refractivity contribution in [1.82, 2.24) is 10.3 Å². The zero-order chi connectivity index (χ0) is 30.6. The Morgan fingerprint density at radius 2 is 1.84 bits per heavy atom. The van der Waals surface area contributed by atoms with E-state index in [0.29, 0.717) is 35.6 Å². The number of fused-ring (bicyclic) bond motifs is 1. The van der Waals surface area contributed by atoms with Crippen molar-refractivity contribution in [2.75, 3.05) is 4.90 Å². The maximum atomic E-state index is 14.2. The Kier molecular flexibility index (Phi) is 9.25. The fourth-order valence-electron chi connectivity index (χ4n) is 5.42. The van der Waals surface area contributed by atoms with E-state index in [-0.39, 0.29) is 12.3 Å². The smallest absolute Gasteiger partial charge is 0.392 e. The SMILES string of the molecule is CCCCC(O)C(CC1CC1)C(=O)NC1N=C(c2ccc(C(F)(F)F)cc2)c2ccccc2N(Cc2cccnc2)C1=O. The summed E-state index contributed by atoms with van der Waals surface area (Å²) in [6, 6.07) is 15.2. The molecule has 0 spiro atoms. The minimum atomic E-state index is -4.51. The molecule has 0 saturated heterocycles. The topological polar surface area (TPSA) is 94.9 Å². The zero-order valence-corrected chi connectivity index (χ0v) is 23.9. The van der Waals surface area contributed by atoms with Crippen LogP contribution in [0.3, 0.4) is 0 Å². The maximum Gasteiger partial charge on any atom is 0.416 e. The number of pyridine rings is 1. The first-order valence-corrected chi connectivity index (χ1v) is 14.7. The van der Waals surface area contributed by atoms with Gasteiger partial charge in [0.2, 0.25) is 12.1 Å². The molecule has 3 atom stereocenters. The molecule has 226 valence electrons. The Balaban J connectivity index is 1.55. The highest BCUT2D eigenvalue weighted by molar-refractivity contribution is 6.20. The number of nitrogens with zero attached hydrogens (tertiary/aromatic N) is 3. The van der Waals surface area contributed by atoms with E-state index in [9.17, 15) is 27.9 Å². The highest BCUT2D eigenvalue weighted by atomic mass is 19.4. The molecule has 7 nitrogen and oxygen atoms in total. The summed E-state index contributed by atoms with van der Waals surface area (Å²) in [4.78, 5) is 38.3. The van der Waals surface area contributed by atoms with E-state index in [1.165, 1.54) is 17.0 Å². The molecule has 10 heteroatoms. The number of hydrogen-bond donors (Lipinski definition) is 2. The fraction of sp³-hybridized carbons (Fsp3) is 0.394. The second-order valence-electron chi connectivity index (χ2n) is 11.3. The van der Waals surface area contributed by atoms with Crippen LogP contribution < -0.4 is 10.2 Å². The third-order valence-corrected chi connectivity index (χ3v) is 7.98. The van der Waals surface area contributed by atoms with E-state index in [1.54, 1.807) is 42.7 Å². The molecule has 3 aromatic rings. The van der Waals surface area contributed by atoms with Gasteiger partial charge in [0.25, 0.3) is 5.91 Å². The number of unbranched alkanes of at least 4 members (excludes halogenated alkanes) is 1. The molecule has 2 amide bonds. The van der Waals surface area contributed by atoms with E-state index in [4.69, 9.17) is 4.99 Å². The molecule has 1 aliphatic carbocycles. The van der Waals surface area contributed by atoms with Gasteiger partial charge in [0.1, 0.15) is 0 Å². The molecule has 1 aliphatic heterocycles. The van der Waals surface area contributed by atoms with E-state index < -0.39 is 41.7 Å². The van der Waals surface area contributed by atoms with Crippen LogP contribution in [0.2, 0.25) is 0 Å². The summed E-state index contributed by atoms with van der Waals surface area (Å²) in [5, 5.41) is 13.8. The van der Waals surface area contributed by atoms with Gasteiger partial charge in [-0.1, -0.05) is 69.0 Å². The number of carbonyl (C=O) groups excluding carboxylic acids is 2. The number of rotatable bonds is 11. The van der Waals surface area contributed by atoms with Gasteiger partial charge in [0, 0.05) is 23.5 Å². The van der Waals surface area contributed by atoms with Crippen LogP contribution in [0, 0.1) is 11.8 Å². The number of benzodiazepines with no additional fused rings is 1. The van der Waals surface area contributed by atoms with Gasteiger partial charge in [-0.15, -0.1) is 0 Å². The predicted molar refractivity (Wildman–Crippen MR) is 157 cm³/mol. The number of aliphatic imine (C=N–C) groups is 1. The lowest BCUT2D eigenvalue weighted by molar-refractivity contribution is -0.137.